The minimum absolute atomic E-state index is 0.145. The van der Waals surface area contributed by atoms with Crippen molar-refractivity contribution < 1.29 is 9.59 Å². The Balaban J connectivity index is 1.85. The van der Waals surface area contributed by atoms with Gasteiger partial charge in [0.05, 0.1) is 5.69 Å². The van der Waals surface area contributed by atoms with Crippen molar-refractivity contribution in [3.63, 3.8) is 0 Å². The number of hydrogen-bond acceptors (Lipinski definition) is 5. The van der Waals surface area contributed by atoms with Crippen LogP contribution in [-0.2, 0) is 9.59 Å². The second kappa shape index (κ2) is 7.65. The maximum absolute atomic E-state index is 12.7. The fraction of sp³-hybridized carbons (Fsp3) is 0.353. The van der Waals surface area contributed by atoms with Crippen molar-refractivity contribution in [2.75, 3.05) is 13.6 Å². The van der Waals surface area contributed by atoms with E-state index in [1.54, 1.807) is 36.2 Å². The smallest absolute Gasteiger partial charge is 0.247 e. The number of tetrazole rings is 1. The lowest BCUT2D eigenvalue weighted by atomic mass is 10.1. The predicted molar refractivity (Wildman–Crippen MR) is 96.5 cm³/mol. The first kappa shape index (κ1) is 18.1. The number of aromatic nitrogens is 4. The van der Waals surface area contributed by atoms with Crippen molar-refractivity contribution >= 4 is 29.5 Å². The van der Waals surface area contributed by atoms with Gasteiger partial charge in [-0.1, -0.05) is 18.5 Å². The minimum atomic E-state index is -0.439. The molecule has 2 amide bonds. The number of nitrogens with zero attached hydrogens (tertiary/aromatic N) is 5. The number of hydrogen-bond donors (Lipinski definition) is 1. The van der Waals surface area contributed by atoms with Crippen molar-refractivity contribution in [3.05, 3.63) is 41.2 Å². The second-order valence-electron chi connectivity index (χ2n) is 6.25. The SMILES string of the molecule is CNC(=O)C1CC(C)CN1C(=O)/C=C/c1cc(Cl)ccc1-n1cnnn1. The lowest BCUT2D eigenvalue weighted by Crippen LogP contribution is -2.44. The van der Waals surface area contributed by atoms with E-state index in [2.05, 4.69) is 20.8 Å². The molecule has 8 nitrogen and oxygen atoms in total. The topological polar surface area (TPSA) is 93.0 Å². The summed E-state index contributed by atoms with van der Waals surface area (Å²) in [5.41, 5.74) is 1.39. The Morgan fingerprint density at radius 1 is 1.38 bits per heavy atom. The largest absolute Gasteiger partial charge is 0.357 e. The maximum atomic E-state index is 12.7. The fourth-order valence-corrected chi connectivity index (χ4v) is 3.28. The molecule has 2 aromatic rings. The van der Waals surface area contributed by atoms with Gasteiger partial charge in [0.1, 0.15) is 12.4 Å². The van der Waals surface area contributed by atoms with Gasteiger partial charge in [0.25, 0.3) is 0 Å². The summed E-state index contributed by atoms with van der Waals surface area (Å²) in [7, 11) is 1.58. The molecule has 1 saturated heterocycles. The van der Waals surface area contributed by atoms with Gasteiger partial charge in [0.2, 0.25) is 11.8 Å². The molecule has 1 aliphatic heterocycles. The molecule has 0 aliphatic carbocycles. The van der Waals surface area contributed by atoms with E-state index in [0.29, 0.717) is 29.2 Å². The Morgan fingerprint density at radius 3 is 2.88 bits per heavy atom. The molecular weight excluding hydrogens is 356 g/mol. The van der Waals surface area contributed by atoms with Crippen molar-refractivity contribution in [2.24, 2.45) is 5.92 Å². The van der Waals surface area contributed by atoms with Gasteiger partial charge in [0, 0.05) is 30.3 Å². The highest BCUT2D eigenvalue weighted by molar-refractivity contribution is 6.30. The van der Waals surface area contributed by atoms with Crippen LogP contribution in [0, 0.1) is 5.92 Å². The number of likely N-dealkylation sites (N-methyl/N-ethyl adjacent to an activating group) is 1. The molecular formula is C17H19ClN6O2. The van der Waals surface area contributed by atoms with Crippen molar-refractivity contribution in [1.29, 1.82) is 0 Å². The van der Waals surface area contributed by atoms with Gasteiger partial charge in [-0.05, 0) is 47.0 Å². The summed E-state index contributed by atoms with van der Waals surface area (Å²) >= 11 is 6.08. The van der Waals surface area contributed by atoms with Crippen LogP contribution in [0.2, 0.25) is 5.02 Å². The second-order valence-corrected chi connectivity index (χ2v) is 6.69. The minimum Gasteiger partial charge on any atom is -0.357 e. The number of benzene rings is 1. The first-order chi connectivity index (χ1) is 12.5. The van der Waals surface area contributed by atoms with Gasteiger partial charge < -0.3 is 10.2 Å². The number of likely N-dealkylation sites (tertiary alicyclic amines) is 1. The summed E-state index contributed by atoms with van der Waals surface area (Å²) in [6, 6.07) is 4.78. The molecule has 1 aliphatic rings. The van der Waals surface area contributed by atoms with Crippen LogP contribution >= 0.6 is 11.6 Å². The highest BCUT2D eigenvalue weighted by atomic mass is 35.5. The molecule has 136 valence electrons. The standard InChI is InChI=1S/C17H19ClN6O2/c1-11-7-15(17(26)19-2)23(9-11)16(25)6-3-12-8-13(18)4-5-14(12)24-10-20-21-22-24/h3-6,8,10-11,15H,7,9H2,1-2H3,(H,19,26)/b6-3+. The first-order valence-electron chi connectivity index (χ1n) is 8.22. The quantitative estimate of drug-likeness (QED) is 0.814. The Hall–Kier alpha value is -2.74. The summed E-state index contributed by atoms with van der Waals surface area (Å²) in [6.07, 6.45) is 5.24. The maximum Gasteiger partial charge on any atom is 0.247 e. The van der Waals surface area contributed by atoms with E-state index in [-0.39, 0.29) is 17.7 Å². The van der Waals surface area contributed by atoms with Crippen LogP contribution in [0.4, 0.5) is 0 Å². The Bertz CT molecular complexity index is 836. The molecule has 2 heterocycles. The summed E-state index contributed by atoms with van der Waals surface area (Å²) in [5, 5.41) is 14.3. The molecule has 0 radical (unpaired) electrons. The molecule has 2 unspecified atom stereocenters. The summed E-state index contributed by atoms with van der Waals surface area (Å²) in [6.45, 7) is 2.58. The lowest BCUT2D eigenvalue weighted by Gasteiger charge is -2.21. The molecule has 0 bridgehead atoms. The third kappa shape index (κ3) is 3.75. The molecule has 0 saturated carbocycles. The van der Waals surface area contributed by atoms with Crippen LogP contribution in [0.1, 0.15) is 18.9 Å². The van der Waals surface area contributed by atoms with E-state index in [9.17, 15) is 9.59 Å². The summed E-state index contributed by atoms with van der Waals surface area (Å²) < 4.78 is 1.49. The van der Waals surface area contributed by atoms with Crippen molar-refractivity contribution in [2.45, 2.75) is 19.4 Å². The van der Waals surface area contributed by atoms with Gasteiger partial charge in [-0.25, -0.2) is 0 Å². The van der Waals surface area contributed by atoms with Crippen LogP contribution in [0.5, 0.6) is 0 Å². The number of halogens is 1. The van der Waals surface area contributed by atoms with E-state index >= 15 is 0 Å². The number of rotatable bonds is 4. The van der Waals surface area contributed by atoms with Gasteiger partial charge in [0.15, 0.2) is 0 Å². The van der Waals surface area contributed by atoms with Crippen LogP contribution in [0.15, 0.2) is 30.6 Å². The number of carbonyl (C=O) groups excluding carboxylic acids is 2. The fourth-order valence-electron chi connectivity index (χ4n) is 3.10. The highest BCUT2D eigenvalue weighted by Crippen LogP contribution is 2.24. The lowest BCUT2D eigenvalue weighted by molar-refractivity contribution is -0.134. The van der Waals surface area contributed by atoms with Gasteiger partial charge >= 0.3 is 0 Å². The first-order valence-corrected chi connectivity index (χ1v) is 8.60. The van der Waals surface area contributed by atoms with Crippen LogP contribution < -0.4 is 5.32 Å². The van der Waals surface area contributed by atoms with Crippen molar-refractivity contribution in [3.8, 4) is 5.69 Å². The third-order valence-corrected chi connectivity index (χ3v) is 4.57. The van der Waals surface area contributed by atoms with Crippen LogP contribution in [-0.4, -0.2) is 56.6 Å². The van der Waals surface area contributed by atoms with E-state index in [1.807, 2.05) is 6.92 Å². The van der Waals surface area contributed by atoms with Crippen molar-refractivity contribution in [1.82, 2.24) is 30.4 Å². The Kier molecular flexibility index (Phi) is 5.32. The molecule has 1 aromatic carbocycles. The normalized spacial score (nSPS) is 19.9. The Labute approximate surface area is 155 Å². The zero-order valence-electron chi connectivity index (χ0n) is 14.5. The van der Waals surface area contributed by atoms with Crippen LogP contribution in [0.3, 0.4) is 0 Å². The zero-order valence-corrected chi connectivity index (χ0v) is 15.2. The molecule has 26 heavy (non-hydrogen) atoms. The third-order valence-electron chi connectivity index (χ3n) is 4.33. The molecule has 1 fully saturated rings. The predicted octanol–water partition coefficient (Wildman–Crippen LogP) is 1.31. The summed E-state index contributed by atoms with van der Waals surface area (Å²) in [4.78, 5) is 26.3. The average molecular weight is 375 g/mol. The van der Waals surface area contributed by atoms with Gasteiger partial charge in [-0.2, -0.15) is 4.68 Å². The molecule has 9 heteroatoms. The van der Waals surface area contributed by atoms with E-state index in [1.165, 1.54) is 17.1 Å². The molecule has 2 atom stereocenters. The summed E-state index contributed by atoms with van der Waals surface area (Å²) in [5.74, 6) is -0.0866. The molecule has 0 spiro atoms. The van der Waals surface area contributed by atoms with E-state index < -0.39 is 6.04 Å². The molecule has 3 rings (SSSR count). The molecule has 1 aromatic heterocycles. The van der Waals surface area contributed by atoms with E-state index in [4.69, 9.17) is 11.6 Å². The monoisotopic (exact) mass is 374 g/mol. The average Bonchev–Trinajstić information content (AvgIpc) is 3.28. The number of amides is 2. The number of nitrogens with one attached hydrogen (secondary N) is 1. The van der Waals surface area contributed by atoms with E-state index in [0.717, 1.165) is 0 Å². The zero-order chi connectivity index (χ0) is 18.7. The number of carbonyl (C=O) groups is 2. The highest BCUT2D eigenvalue weighted by Gasteiger charge is 2.36. The Morgan fingerprint density at radius 2 is 2.19 bits per heavy atom. The van der Waals surface area contributed by atoms with Gasteiger partial charge in [-0.15, -0.1) is 5.10 Å². The van der Waals surface area contributed by atoms with Crippen LogP contribution in [0.25, 0.3) is 11.8 Å². The molecule has 1 N–H and O–H groups in total. The van der Waals surface area contributed by atoms with Gasteiger partial charge in [-0.3, -0.25) is 9.59 Å².